The predicted molar refractivity (Wildman–Crippen MR) is 68.0 cm³/mol. The van der Waals surface area contributed by atoms with E-state index in [9.17, 15) is 0 Å². The first-order valence-corrected chi connectivity index (χ1v) is 6.13. The fraction of sp³-hybridized carbons (Fsp3) is 0.222. The number of nitrogens with zero attached hydrogens (tertiary/aromatic N) is 1. The Morgan fingerprint density at radius 2 is 1.87 bits per heavy atom. The molecule has 0 spiro atoms. The van der Waals surface area contributed by atoms with E-state index in [1.54, 1.807) is 30.0 Å². The second kappa shape index (κ2) is 4.96. The zero-order valence-electron chi connectivity index (χ0n) is 7.76. The first-order chi connectivity index (χ1) is 7.24. The molecule has 0 saturated carbocycles. The Morgan fingerprint density at radius 3 is 2.47 bits per heavy atom. The first kappa shape index (κ1) is 10.9. The highest BCUT2D eigenvalue weighted by Gasteiger charge is 2.05. The Kier molecular flexibility index (Phi) is 3.61. The third-order valence-corrected chi connectivity index (χ3v) is 3.09. The number of aliphatic imine (C=N–C) groups is 1. The molecule has 1 aliphatic heterocycles. The lowest BCUT2D eigenvalue weighted by molar-refractivity contribution is 1.10. The Labute approximate surface area is 102 Å². The van der Waals surface area contributed by atoms with Crippen molar-refractivity contribution in [2.75, 3.05) is 17.7 Å². The summed E-state index contributed by atoms with van der Waals surface area (Å²) in [5.41, 5.74) is 6.82. The molecule has 1 aromatic carbocycles. The fourth-order valence-corrected chi connectivity index (χ4v) is 2.37. The molecular weight excluding hydrogens is 253 g/mol. The third kappa shape index (κ3) is 3.19. The van der Waals surface area contributed by atoms with E-state index in [2.05, 4.69) is 15.8 Å². The maximum atomic E-state index is 5.86. The molecule has 0 bridgehead atoms. The number of benzene rings is 1. The average Bonchev–Trinajstić information content (AvgIpc) is 2.65. The summed E-state index contributed by atoms with van der Waals surface area (Å²) < 4.78 is 0. The number of nitrogens with one attached hydrogen (secondary N) is 2. The number of hydrogen-bond acceptors (Lipinski definition) is 4. The van der Waals surface area contributed by atoms with Crippen molar-refractivity contribution in [1.82, 2.24) is 5.43 Å². The Bertz CT molecular complexity index is 375. The highest BCUT2D eigenvalue weighted by molar-refractivity contribution is 8.14. The number of rotatable bonds is 2. The van der Waals surface area contributed by atoms with Crippen LogP contribution < -0.4 is 10.9 Å². The van der Waals surface area contributed by atoms with Crippen molar-refractivity contribution in [2.45, 2.75) is 0 Å². The van der Waals surface area contributed by atoms with Gasteiger partial charge in [-0.05, 0) is 18.2 Å². The summed E-state index contributed by atoms with van der Waals surface area (Å²) in [6.45, 7) is 0.866. The molecule has 0 saturated heterocycles. The second-order valence-corrected chi connectivity index (χ2v) is 4.90. The predicted octanol–water partition coefficient (Wildman–Crippen LogP) is 3.01. The van der Waals surface area contributed by atoms with Crippen LogP contribution in [-0.4, -0.2) is 17.5 Å². The molecule has 1 heterocycles. The van der Waals surface area contributed by atoms with Gasteiger partial charge in [0.1, 0.15) is 0 Å². The zero-order chi connectivity index (χ0) is 10.7. The number of anilines is 1. The van der Waals surface area contributed by atoms with Crippen LogP contribution in [0.25, 0.3) is 0 Å². The highest BCUT2D eigenvalue weighted by Crippen LogP contribution is 2.22. The van der Waals surface area contributed by atoms with Gasteiger partial charge in [-0.3, -0.25) is 15.8 Å². The second-order valence-electron chi connectivity index (χ2n) is 2.94. The number of amidine groups is 1. The van der Waals surface area contributed by atoms with Gasteiger partial charge in [-0.1, -0.05) is 35.0 Å². The van der Waals surface area contributed by atoms with Crippen molar-refractivity contribution >= 4 is 45.8 Å². The molecule has 0 fully saturated rings. The van der Waals surface area contributed by atoms with E-state index in [0.717, 1.165) is 23.2 Å². The highest BCUT2D eigenvalue weighted by atomic mass is 35.5. The van der Waals surface area contributed by atoms with E-state index in [-0.39, 0.29) is 0 Å². The molecule has 2 N–H and O–H groups in total. The molecule has 3 nitrogen and oxygen atoms in total. The minimum absolute atomic E-state index is 0.604. The standard InChI is InChI=1S/C9H9Cl2N3S/c10-6-3-7(11)5-8(4-6)13-14-9-12-1-2-15-9/h3-5,13H,1-2H2,(H,12,14). The van der Waals surface area contributed by atoms with Crippen molar-refractivity contribution in [3.8, 4) is 0 Å². The van der Waals surface area contributed by atoms with Crippen molar-refractivity contribution in [1.29, 1.82) is 0 Å². The summed E-state index contributed by atoms with van der Waals surface area (Å²) in [5, 5.41) is 2.10. The molecule has 0 amide bonds. The molecule has 0 aromatic heterocycles. The number of halogens is 2. The van der Waals surface area contributed by atoms with Crippen molar-refractivity contribution in [2.24, 2.45) is 4.99 Å². The molecule has 2 rings (SSSR count). The van der Waals surface area contributed by atoms with Gasteiger partial charge in [0.2, 0.25) is 0 Å². The van der Waals surface area contributed by atoms with Crippen LogP contribution in [0.15, 0.2) is 23.2 Å². The van der Waals surface area contributed by atoms with Crippen LogP contribution in [0.2, 0.25) is 10.0 Å². The van der Waals surface area contributed by atoms with Crippen molar-refractivity contribution < 1.29 is 0 Å². The van der Waals surface area contributed by atoms with Gasteiger partial charge in [-0.15, -0.1) is 0 Å². The molecule has 80 valence electrons. The Hall–Kier alpha value is -0.580. The maximum absolute atomic E-state index is 5.86. The first-order valence-electron chi connectivity index (χ1n) is 4.39. The molecular formula is C9H9Cl2N3S. The van der Waals surface area contributed by atoms with E-state index >= 15 is 0 Å². The normalized spacial score (nSPS) is 14.9. The van der Waals surface area contributed by atoms with Gasteiger partial charge >= 0.3 is 0 Å². The summed E-state index contributed by atoms with van der Waals surface area (Å²) in [6.07, 6.45) is 0. The van der Waals surface area contributed by atoms with Gasteiger partial charge in [0, 0.05) is 15.8 Å². The lowest BCUT2D eigenvalue weighted by Gasteiger charge is -2.09. The van der Waals surface area contributed by atoms with Crippen LogP contribution in [0.3, 0.4) is 0 Å². The molecule has 1 aliphatic rings. The van der Waals surface area contributed by atoms with E-state index in [0.29, 0.717) is 10.0 Å². The average molecular weight is 262 g/mol. The molecule has 0 atom stereocenters. The van der Waals surface area contributed by atoms with Gasteiger partial charge in [0.15, 0.2) is 5.17 Å². The number of thioether (sulfide) groups is 1. The lowest BCUT2D eigenvalue weighted by atomic mass is 10.3. The van der Waals surface area contributed by atoms with Crippen LogP contribution in [0, 0.1) is 0 Å². The van der Waals surface area contributed by atoms with E-state index < -0.39 is 0 Å². The molecule has 0 radical (unpaired) electrons. The van der Waals surface area contributed by atoms with Gasteiger partial charge < -0.3 is 0 Å². The summed E-state index contributed by atoms with van der Waals surface area (Å²) in [5.74, 6) is 1.03. The van der Waals surface area contributed by atoms with Crippen molar-refractivity contribution in [3.05, 3.63) is 28.2 Å². The molecule has 0 unspecified atom stereocenters. The Balaban J connectivity index is 1.98. The van der Waals surface area contributed by atoms with Crippen molar-refractivity contribution in [3.63, 3.8) is 0 Å². The minimum atomic E-state index is 0.604. The van der Waals surface area contributed by atoms with E-state index in [4.69, 9.17) is 23.2 Å². The summed E-state index contributed by atoms with van der Waals surface area (Å²) in [7, 11) is 0. The zero-order valence-corrected chi connectivity index (χ0v) is 10.1. The summed E-state index contributed by atoms with van der Waals surface area (Å²) in [6, 6.07) is 5.28. The van der Waals surface area contributed by atoms with Gasteiger partial charge in [0.25, 0.3) is 0 Å². The number of hydrazine groups is 1. The quantitative estimate of drug-likeness (QED) is 0.804. The van der Waals surface area contributed by atoms with Gasteiger partial charge in [-0.25, -0.2) is 0 Å². The van der Waals surface area contributed by atoms with Gasteiger partial charge in [-0.2, -0.15) is 0 Å². The number of hydrogen-bond donors (Lipinski definition) is 2. The van der Waals surface area contributed by atoms with Gasteiger partial charge in [0.05, 0.1) is 12.2 Å². The Morgan fingerprint density at radius 1 is 1.13 bits per heavy atom. The smallest absolute Gasteiger partial charge is 0.175 e. The minimum Gasteiger partial charge on any atom is -0.299 e. The van der Waals surface area contributed by atoms with Crippen LogP contribution in [0.5, 0.6) is 0 Å². The summed E-state index contributed by atoms with van der Waals surface area (Å²) in [4.78, 5) is 4.24. The largest absolute Gasteiger partial charge is 0.299 e. The third-order valence-electron chi connectivity index (χ3n) is 1.76. The van der Waals surface area contributed by atoms with Crippen LogP contribution in [0.1, 0.15) is 0 Å². The fourth-order valence-electron chi connectivity index (χ4n) is 1.16. The molecule has 0 aliphatic carbocycles. The monoisotopic (exact) mass is 261 g/mol. The molecule has 15 heavy (non-hydrogen) atoms. The lowest BCUT2D eigenvalue weighted by Crippen LogP contribution is -2.25. The molecule has 6 heteroatoms. The topological polar surface area (TPSA) is 36.4 Å². The van der Waals surface area contributed by atoms with E-state index in [1.165, 1.54) is 0 Å². The van der Waals surface area contributed by atoms with Crippen LogP contribution in [0.4, 0.5) is 5.69 Å². The molecule has 1 aromatic rings. The van der Waals surface area contributed by atoms with E-state index in [1.807, 2.05) is 0 Å². The SMILES string of the molecule is Clc1cc(Cl)cc(NNC2=NCCS2)c1. The summed E-state index contributed by atoms with van der Waals surface area (Å²) >= 11 is 13.4. The van der Waals surface area contributed by atoms with Crippen LogP contribution >= 0.6 is 35.0 Å². The maximum Gasteiger partial charge on any atom is 0.175 e. The van der Waals surface area contributed by atoms with Crippen LogP contribution in [-0.2, 0) is 0 Å².